The van der Waals surface area contributed by atoms with Gasteiger partial charge in [-0.1, -0.05) is 24.3 Å². The van der Waals surface area contributed by atoms with E-state index in [1.165, 1.54) is 36.4 Å². The molecule has 0 aliphatic rings. The van der Waals surface area contributed by atoms with Crippen molar-refractivity contribution in [3.8, 4) is 17.4 Å². The number of benzene rings is 2. The van der Waals surface area contributed by atoms with Crippen LogP contribution < -0.4 is 9.47 Å². The molecule has 0 saturated heterocycles. The fourth-order valence-electron chi connectivity index (χ4n) is 2.24. The zero-order valence-corrected chi connectivity index (χ0v) is 14.8. The maximum absolute atomic E-state index is 12.5. The lowest BCUT2D eigenvalue weighted by Crippen LogP contribution is -2.14. The van der Waals surface area contributed by atoms with Gasteiger partial charge in [0.25, 0.3) is 0 Å². The number of carbonyl (C=O) groups is 1. The Morgan fingerprint density at radius 1 is 1.00 bits per heavy atom. The summed E-state index contributed by atoms with van der Waals surface area (Å²) in [4.78, 5) is 15.2. The maximum Gasteiger partial charge on any atom is 0.339 e. The molecule has 0 amide bonds. The van der Waals surface area contributed by atoms with Crippen molar-refractivity contribution in [1.29, 1.82) is 0 Å². The predicted octanol–water partition coefficient (Wildman–Crippen LogP) is 3.38. The van der Waals surface area contributed by atoms with E-state index in [-0.39, 0.29) is 16.2 Å². The minimum Gasteiger partial charge on any atom is -0.478 e. The van der Waals surface area contributed by atoms with Gasteiger partial charge in [0.15, 0.2) is 5.94 Å². The highest BCUT2D eigenvalue weighted by atomic mass is 32.2. The standard InChI is InChI=1S/C19H15NO6S/c21-19(22)16-8-1-2-9-17(16)25-13-27(23,24)15-7-5-6-14(12-15)26-18-10-3-4-11-20-18/h1-12H,13H2,(H,21,22). The number of aromatic carboxylic acids is 1. The Labute approximate surface area is 155 Å². The van der Waals surface area contributed by atoms with Gasteiger partial charge >= 0.3 is 5.97 Å². The predicted molar refractivity (Wildman–Crippen MR) is 96.8 cm³/mol. The fourth-order valence-corrected chi connectivity index (χ4v) is 3.24. The van der Waals surface area contributed by atoms with Gasteiger partial charge < -0.3 is 14.6 Å². The number of hydrogen-bond donors (Lipinski definition) is 1. The molecule has 8 heteroatoms. The van der Waals surface area contributed by atoms with Gasteiger partial charge in [-0.05, 0) is 36.4 Å². The highest BCUT2D eigenvalue weighted by molar-refractivity contribution is 7.91. The minimum atomic E-state index is -3.83. The SMILES string of the molecule is O=C(O)c1ccccc1OCS(=O)(=O)c1cccc(Oc2ccccn2)c1. The summed E-state index contributed by atoms with van der Waals surface area (Å²) in [6, 6.07) is 16.9. The summed E-state index contributed by atoms with van der Waals surface area (Å²) in [5.74, 6) is -1.28. The van der Waals surface area contributed by atoms with Gasteiger partial charge in [-0.15, -0.1) is 0 Å². The lowest BCUT2D eigenvalue weighted by atomic mass is 10.2. The lowest BCUT2D eigenvalue weighted by molar-refractivity contribution is 0.0693. The number of hydrogen-bond acceptors (Lipinski definition) is 6. The first kappa shape index (κ1) is 18.4. The number of para-hydroxylation sites is 1. The molecule has 0 aliphatic carbocycles. The van der Waals surface area contributed by atoms with Gasteiger partial charge in [-0.2, -0.15) is 0 Å². The highest BCUT2D eigenvalue weighted by Gasteiger charge is 2.19. The topological polar surface area (TPSA) is 103 Å². The lowest BCUT2D eigenvalue weighted by Gasteiger charge is -2.11. The van der Waals surface area contributed by atoms with Crippen LogP contribution in [-0.2, 0) is 9.84 Å². The number of sulfone groups is 1. The van der Waals surface area contributed by atoms with Crippen molar-refractivity contribution < 1.29 is 27.8 Å². The molecule has 27 heavy (non-hydrogen) atoms. The normalized spacial score (nSPS) is 11.0. The number of carboxylic acid groups (broad SMARTS) is 1. The molecular formula is C19H15NO6S. The molecule has 0 unspecified atom stereocenters. The molecule has 3 aromatic rings. The molecule has 3 rings (SSSR count). The summed E-state index contributed by atoms with van der Waals surface area (Å²) in [6.07, 6.45) is 1.56. The molecule has 1 N–H and O–H groups in total. The number of carboxylic acids is 1. The molecule has 1 heterocycles. The van der Waals surface area contributed by atoms with Crippen molar-refractivity contribution in [2.24, 2.45) is 0 Å². The average molecular weight is 385 g/mol. The number of rotatable bonds is 7. The van der Waals surface area contributed by atoms with Gasteiger partial charge in [-0.3, -0.25) is 0 Å². The van der Waals surface area contributed by atoms with Crippen LogP contribution in [0.2, 0.25) is 0 Å². The van der Waals surface area contributed by atoms with E-state index in [4.69, 9.17) is 14.6 Å². The van der Waals surface area contributed by atoms with Crippen LogP contribution in [0.3, 0.4) is 0 Å². The summed E-state index contributed by atoms with van der Waals surface area (Å²) < 4.78 is 35.9. The van der Waals surface area contributed by atoms with Crippen molar-refractivity contribution in [2.45, 2.75) is 4.90 Å². The Hall–Kier alpha value is -3.39. The molecule has 0 aliphatic heterocycles. The van der Waals surface area contributed by atoms with Crippen LogP contribution in [0.4, 0.5) is 0 Å². The quantitative estimate of drug-likeness (QED) is 0.665. The second-order valence-corrected chi connectivity index (χ2v) is 7.36. The third-order valence-electron chi connectivity index (χ3n) is 3.51. The molecule has 138 valence electrons. The molecule has 0 bridgehead atoms. The van der Waals surface area contributed by atoms with E-state index in [1.807, 2.05) is 0 Å². The van der Waals surface area contributed by atoms with E-state index >= 15 is 0 Å². The summed E-state index contributed by atoms with van der Waals surface area (Å²) in [6.45, 7) is 0. The van der Waals surface area contributed by atoms with Gasteiger partial charge in [0.05, 0.1) is 4.90 Å². The molecule has 0 radical (unpaired) electrons. The third-order valence-corrected chi connectivity index (χ3v) is 4.91. The summed E-state index contributed by atoms with van der Waals surface area (Å²) >= 11 is 0. The van der Waals surface area contributed by atoms with Crippen molar-refractivity contribution in [3.05, 3.63) is 78.5 Å². The monoisotopic (exact) mass is 385 g/mol. The van der Waals surface area contributed by atoms with Crippen LogP contribution in [0.5, 0.6) is 17.4 Å². The highest BCUT2D eigenvalue weighted by Crippen LogP contribution is 2.24. The number of pyridine rings is 1. The van der Waals surface area contributed by atoms with Gasteiger partial charge in [0.2, 0.25) is 15.7 Å². The molecule has 0 saturated carbocycles. The smallest absolute Gasteiger partial charge is 0.339 e. The Kier molecular flexibility index (Phi) is 5.37. The van der Waals surface area contributed by atoms with Crippen LogP contribution >= 0.6 is 0 Å². The fraction of sp³-hybridized carbons (Fsp3) is 0.0526. The van der Waals surface area contributed by atoms with Gasteiger partial charge in [-0.25, -0.2) is 18.2 Å². The van der Waals surface area contributed by atoms with E-state index in [9.17, 15) is 13.2 Å². The average Bonchev–Trinajstić information content (AvgIpc) is 2.68. The zero-order valence-electron chi connectivity index (χ0n) is 14.0. The molecule has 0 atom stereocenters. The largest absolute Gasteiger partial charge is 0.478 e. The van der Waals surface area contributed by atoms with Crippen molar-refractivity contribution in [3.63, 3.8) is 0 Å². The van der Waals surface area contributed by atoms with Crippen LogP contribution in [-0.4, -0.2) is 30.4 Å². The molecular weight excluding hydrogens is 370 g/mol. The summed E-state index contributed by atoms with van der Waals surface area (Å²) in [5.41, 5.74) is -0.111. The summed E-state index contributed by atoms with van der Waals surface area (Å²) in [7, 11) is -3.83. The molecule has 0 spiro atoms. The second kappa shape index (κ2) is 7.88. The third kappa shape index (κ3) is 4.62. The Balaban J connectivity index is 1.77. The Morgan fingerprint density at radius 3 is 2.52 bits per heavy atom. The first-order valence-electron chi connectivity index (χ1n) is 7.82. The van der Waals surface area contributed by atoms with E-state index in [0.717, 1.165) is 0 Å². The first-order valence-corrected chi connectivity index (χ1v) is 9.48. The molecule has 7 nitrogen and oxygen atoms in total. The number of ether oxygens (including phenoxy) is 2. The van der Waals surface area contributed by atoms with Crippen LogP contribution in [0.1, 0.15) is 10.4 Å². The minimum absolute atomic E-state index is 0.0104. The van der Waals surface area contributed by atoms with E-state index < -0.39 is 21.7 Å². The van der Waals surface area contributed by atoms with E-state index in [2.05, 4.69) is 4.98 Å². The number of aromatic nitrogens is 1. The van der Waals surface area contributed by atoms with Crippen molar-refractivity contribution in [2.75, 3.05) is 5.94 Å². The van der Waals surface area contributed by atoms with E-state index in [0.29, 0.717) is 11.6 Å². The zero-order chi connectivity index (χ0) is 19.3. The van der Waals surface area contributed by atoms with Crippen molar-refractivity contribution >= 4 is 15.8 Å². The Bertz CT molecular complexity index is 1050. The first-order chi connectivity index (χ1) is 13.0. The van der Waals surface area contributed by atoms with Crippen LogP contribution in [0.25, 0.3) is 0 Å². The van der Waals surface area contributed by atoms with Crippen molar-refractivity contribution in [1.82, 2.24) is 4.98 Å². The number of nitrogens with zero attached hydrogens (tertiary/aromatic N) is 1. The molecule has 2 aromatic carbocycles. The Morgan fingerprint density at radius 2 is 1.78 bits per heavy atom. The van der Waals surface area contributed by atoms with Gasteiger partial charge in [0.1, 0.15) is 17.1 Å². The van der Waals surface area contributed by atoms with E-state index in [1.54, 1.807) is 36.5 Å². The maximum atomic E-state index is 12.5. The van der Waals surface area contributed by atoms with Gasteiger partial charge in [0, 0.05) is 12.3 Å². The molecule has 0 fully saturated rings. The molecule has 1 aromatic heterocycles. The summed E-state index contributed by atoms with van der Waals surface area (Å²) in [5, 5.41) is 9.14. The van der Waals surface area contributed by atoms with Crippen LogP contribution in [0, 0.1) is 0 Å². The van der Waals surface area contributed by atoms with Crippen LogP contribution in [0.15, 0.2) is 77.8 Å². The second-order valence-electron chi connectivity index (χ2n) is 5.42.